The zero-order chi connectivity index (χ0) is 14.6. The normalized spacial score (nSPS) is 11.2. The van der Waals surface area contributed by atoms with Crippen LogP contribution in [0.4, 0.5) is 0 Å². The van der Waals surface area contributed by atoms with Gasteiger partial charge in [0, 0.05) is 0 Å². The predicted molar refractivity (Wildman–Crippen MR) is 76.4 cm³/mol. The summed E-state index contributed by atoms with van der Waals surface area (Å²) in [5.41, 5.74) is 0.0393. The monoisotopic (exact) mass is 284 g/mol. The highest BCUT2D eigenvalue weighted by Gasteiger charge is 2.29. The Labute approximate surface area is 118 Å². The minimum absolute atomic E-state index is 0.406. The maximum absolute atomic E-state index is 11.2. The second kappa shape index (κ2) is 6.19. The van der Waals surface area contributed by atoms with Crippen molar-refractivity contribution in [3.05, 3.63) is 17.7 Å². The molecular weight excluding hydrogens is 264 g/mol. The average Bonchev–Trinajstić information content (AvgIpc) is 2.37. The number of rotatable bonds is 6. The summed E-state index contributed by atoms with van der Waals surface area (Å²) >= 11 is 1.52. The highest BCUT2D eigenvalue weighted by atomic mass is 32.2. The van der Waals surface area contributed by atoms with Gasteiger partial charge in [-0.2, -0.15) is 0 Å². The third-order valence-corrected chi connectivity index (χ3v) is 3.79. The van der Waals surface area contributed by atoms with Crippen LogP contribution in [0.2, 0.25) is 0 Å². The summed E-state index contributed by atoms with van der Waals surface area (Å²) in [4.78, 5) is 12.1. The molecule has 0 spiro atoms. The van der Waals surface area contributed by atoms with Crippen molar-refractivity contribution >= 4 is 17.7 Å². The molecule has 0 saturated carbocycles. The number of thioether (sulfide) groups is 1. The van der Waals surface area contributed by atoms with Crippen molar-refractivity contribution in [2.24, 2.45) is 5.41 Å². The molecular formula is C14H20O4S. The van der Waals surface area contributed by atoms with Crippen molar-refractivity contribution in [2.75, 3.05) is 20.5 Å². The Morgan fingerprint density at radius 2 is 1.95 bits per heavy atom. The van der Waals surface area contributed by atoms with Crippen molar-refractivity contribution in [2.45, 2.75) is 25.2 Å². The van der Waals surface area contributed by atoms with Gasteiger partial charge in [-0.1, -0.05) is 6.07 Å². The highest BCUT2D eigenvalue weighted by Crippen LogP contribution is 2.41. The SMILES string of the molecule is COc1ccc(CC(C)(C)C(=O)O)c(OC)c1SC. The molecule has 0 aliphatic rings. The Morgan fingerprint density at radius 1 is 1.32 bits per heavy atom. The second-order valence-electron chi connectivity index (χ2n) is 4.86. The molecule has 0 saturated heterocycles. The number of hydrogen-bond donors (Lipinski definition) is 1. The molecule has 1 rings (SSSR count). The van der Waals surface area contributed by atoms with Crippen LogP contribution >= 0.6 is 11.8 Å². The summed E-state index contributed by atoms with van der Waals surface area (Å²) < 4.78 is 10.7. The van der Waals surface area contributed by atoms with Crippen LogP contribution in [0.15, 0.2) is 17.0 Å². The molecule has 1 N–H and O–H groups in total. The van der Waals surface area contributed by atoms with Gasteiger partial charge in [-0.15, -0.1) is 11.8 Å². The number of carboxylic acid groups (broad SMARTS) is 1. The maximum Gasteiger partial charge on any atom is 0.309 e. The van der Waals surface area contributed by atoms with Crippen molar-refractivity contribution < 1.29 is 19.4 Å². The average molecular weight is 284 g/mol. The van der Waals surface area contributed by atoms with Crippen molar-refractivity contribution in [1.82, 2.24) is 0 Å². The van der Waals surface area contributed by atoms with E-state index in [9.17, 15) is 9.90 Å². The van der Waals surface area contributed by atoms with Crippen molar-refractivity contribution in [3.8, 4) is 11.5 Å². The second-order valence-corrected chi connectivity index (χ2v) is 5.68. The molecule has 0 radical (unpaired) electrons. The van der Waals surface area contributed by atoms with Gasteiger partial charge in [0.2, 0.25) is 0 Å². The number of carboxylic acids is 1. The van der Waals surface area contributed by atoms with Crippen LogP contribution in [0, 0.1) is 5.41 Å². The molecule has 0 heterocycles. The topological polar surface area (TPSA) is 55.8 Å². The quantitative estimate of drug-likeness (QED) is 0.814. The Bertz CT molecular complexity index is 469. The molecule has 0 bridgehead atoms. The fraction of sp³-hybridized carbons (Fsp3) is 0.500. The number of ether oxygens (including phenoxy) is 2. The smallest absolute Gasteiger partial charge is 0.309 e. The third-order valence-electron chi connectivity index (χ3n) is 3.00. The van der Waals surface area contributed by atoms with Gasteiger partial charge < -0.3 is 14.6 Å². The van der Waals surface area contributed by atoms with Gasteiger partial charge in [-0.05, 0) is 38.2 Å². The minimum atomic E-state index is -0.836. The number of hydrogen-bond acceptors (Lipinski definition) is 4. The summed E-state index contributed by atoms with van der Waals surface area (Å²) in [5, 5.41) is 9.22. The molecule has 5 heteroatoms. The van der Waals surface area contributed by atoms with Gasteiger partial charge >= 0.3 is 5.97 Å². The largest absolute Gasteiger partial charge is 0.495 e. The fourth-order valence-corrected chi connectivity index (χ4v) is 2.61. The molecule has 1 aromatic carbocycles. The fourth-order valence-electron chi connectivity index (χ4n) is 1.85. The van der Waals surface area contributed by atoms with Crippen LogP contribution in [0.3, 0.4) is 0 Å². The zero-order valence-electron chi connectivity index (χ0n) is 11.9. The molecule has 0 amide bonds. The van der Waals surface area contributed by atoms with Gasteiger partial charge in [0.25, 0.3) is 0 Å². The molecule has 1 aromatic rings. The molecule has 19 heavy (non-hydrogen) atoms. The Balaban J connectivity index is 3.26. The van der Waals surface area contributed by atoms with E-state index in [4.69, 9.17) is 9.47 Å². The van der Waals surface area contributed by atoms with Gasteiger partial charge in [-0.3, -0.25) is 4.79 Å². The van der Waals surface area contributed by atoms with Gasteiger partial charge in [-0.25, -0.2) is 0 Å². The Morgan fingerprint density at radius 3 is 2.37 bits per heavy atom. The van der Waals surface area contributed by atoms with Crippen LogP contribution in [0.25, 0.3) is 0 Å². The van der Waals surface area contributed by atoms with Crippen LogP contribution in [0.1, 0.15) is 19.4 Å². The first-order valence-electron chi connectivity index (χ1n) is 5.88. The van der Waals surface area contributed by atoms with Gasteiger partial charge in [0.15, 0.2) is 0 Å². The van der Waals surface area contributed by atoms with Crippen LogP contribution in [-0.2, 0) is 11.2 Å². The van der Waals surface area contributed by atoms with Crippen LogP contribution in [0.5, 0.6) is 11.5 Å². The molecule has 0 atom stereocenters. The first-order chi connectivity index (χ1) is 8.87. The minimum Gasteiger partial charge on any atom is -0.495 e. The Kier molecular flexibility index (Phi) is 5.11. The van der Waals surface area contributed by atoms with Crippen molar-refractivity contribution in [3.63, 3.8) is 0 Å². The van der Waals surface area contributed by atoms with E-state index in [-0.39, 0.29) is 0 Å². The molecule has 4 nitrogen and oxygen atoms in total. The maximum atomic E-state index is 11.2. The van der Waals surface area contributed by atoms with Crippen LogP contribution in [-0.4, -0.2) is 31.6 Å². The summed E-state index contributed by atoms with van der Waals surface area (Å²) in [5.74, 6) is 0.610. The van der Waals surface area contributed by atoms with E-state index in [0.717, 1.165) is 16.2 Å². The van der Waals surface area contributed by atoms with E-state index in [1.807, 2.05) is 18.4 Å². The Hall–Kier alpha value is -1.36. The first-order valence-corrected chi connectivity index (χ1v) is 7.11. The number of aliphatic carboxylic acids is 1. The van der Waals surface area contributed by atoms with Gasteiger partial charge in [0.1, 0.15) is 11.5 Å². The molecule has 0 aliphatic heterocycles. The van der Waals surface area contributed by atoms with Crippen LogP contribution < -0.4 is 9.47 Å². The predicted octanol–water partition coefficient (Wildman–Crippen LogP) is 3.08. The van der Waals surface area contributed by atoms with Gasteiger partial charge in [0.05, 0.1) is 24.5 Å². The lowest BCUT2D eigenvalue weighted by Crippen LogP contribution is -2.26. The highest BCUT2D eigenvalue weighted by molar-refractivity contribution is 7.98. The lowest BCUT2D eigenvalue weighted by Gasteiger charge is -2.22. The summed E-state index contributed by atoms with van der Waals surface area (Å²) in [6.45, 7) is 3.41. The summed E-state index contributed by atoms with van der Waals surface area (Å²) in [6.07, 6.45) is 2.34. The van der Waals surface area contributed by atoms with Crippen molar-refractivity contribution in [1.29, 1.82) is 0 Å². The van der Waals surface area contributed by atoms with E-state index in [2.05, 4.69) is 0 Å². The summed E-state index contributed by atoms with van der Waals surface area (Å²) in [7, 11) is 3.20. The molecule has 0 aliphatic carbocycles. The van der Waals surface area contributed by atoms with E-state index in [0.29, 0.717) is 12.2 Å². The number of carbonyl (C=O) groups is 1. The zero-order valence-corrected chi connectivity index (χ0v) is 12.8. The standard InChI is InChI=1S/C14H20O4S/c1-14(2,13(15)16)8-9-6-7-10(17-3)12(19-5)11(9)18-4/h6-7H,8H2,1-5H3,(H,15,16). The van der Waals surface area contributed by atoms with E-state index in [1.165, 1.54) is 11.8 Å². The van der Waals surface area contributed by atoms with E-state index < -0.39 is 11.4 Å². The molecule has 0 fully saturated rings. The third kappa shape index (κ3) is 3.35. The lowest BCUT2D eigenvalue weighted by atomic mass is 9.85. The van der Waals surface area contributed by atoms with E-state index in [1.54, 1.807) is 28.1 Å². The first kappa shape index (κ1) is 15.7. The van der Waals surface area contributed by atoms with E-state index >= 15 is 0 Å². The number of methoxy groups -OCH3 is 2. The molecule has 0 aromatic heterocycles. The summed E-state index contributed by atoms with van der Waals surface area (Å²) in [6, 6.07) is 3.71. The molecule has 106 valence electrons. The molecule has 0 unspecified atom stereocenters. The number of benzene rings is 1. The lowest BCUT2D eigenvalue weighted by molar-refractivity contribution is -0.146.